The van der Waals surface area contributed by atoms with Crippen molar-refractivity contribution < 1.29 is 9.21 Å². The van der Waals surface area contributed by atoms with Gasteiger partial charge in [0.15, 0.2) is 0 Å². The third-order valence-electron chi connectivity index (χ3n) is 3.69. The summed E-state index contributed by atoms with van der Waals surface area (Å²) in [5, 5.41) is 11.8. The van der Waals surface area contributed by atoms with Gasteiger partial charge in [0, 0.05) is 16.3 Å². The highest BCUT2D eigenvalue weighted by Crippen LogP contribution is 2.24. The number of halogens is 1. The molecule has 1 amide bonds. The first-order valence-corrected chi connectivity index (χ1v) is 9.49. The second-order valence-corrected chi connectivity index (χ2v) is 7.36. The zero-order valence-electron chi connectivity index (χ0n) is 14.4. The first-order valence-electron chi connectivity index (χ1n) is 8.13. The lowest BCUT2D eigenvalue weighted by atomic mass is 10.0. The molecule has 1 aromatic heterocycles. The highest BCUT2D eigenvalue weighted by Gasteiger charge is 2.11. The van der Waals surface area contributed by atoms with Crippen molar-refractivity contribution in [3.8, 4) is 11.5 Å². The molecule has 0 fully saturated rings. The Morgan fingerprint density at radius 1 is 1.12 bits per heavy atom. The number of rotatable bonds is 6. The third kappa shape index (κ3) is 4.86. The van der Waals surface area contributed by atoms with Crippen LogP contribution in [0.15, 0.2) is 58.2 Å². The molecule has 0 saturated heterocycles. The van der Waals surface area contributed by atoms with Crippen LogP contribution in [-0.2, 0) is 4.79 Å². The summed E-state index contributed by atoms with van der Waals surface area (Å²) in [6.07, 6.45) is 0. The van der Waals surface area contributed by atoms with Crippen LogP contribution in [0.25, 0.3) is 11.5 Å². The van der Waals surface area contributed by atoms with Gasteiger partial charge in [-0.25, -0.2) is 0 Å². The number of carbonyl (C=O) groups excluding carboxylic acids is 1. The van der Waals surface area contributed by atoms with E-state index in [-0.39, 0.29) is 11.7 Å². The zero-order valence-corrected chi connectivity index (χ0v) is 16.0. The Balaban J connectivity index is 1.54. The molecule has 26 heavy (non-hydrogen) atoms. The molecule has 7 heteroatoms. The van der Waals surface area contributed by atoms with Gasteiger partial charge in [-0.15, -0.1) is 10.2 Å². The van der Waals surface area contributed by atoms with Crippen molar-refractivity contribution in [2.45, 2.75) is 25.0 Å². The van der Waals surface area contributed by atoms with Crippen molar-refractivity contribution in [3.63, 3.8) is 0 Å². The standard InChI is InChI=1S/C19H18ClN3O2S/c1-12(2)13-5-9-16(10-6-13)21-17(24)11-26-19-23-22-18(25-19)14-3-7-15(20)8-4-14/h3-10,12H,11H2,1-2H3,(H,21,24). The Morgan fingerprint density at radius 3 is 2.46 bits per heavy atom. The van der Waals surface area contributed by atoms with E-state index in [1.807, 2.05) is 24.3 Å². The van der Waals surface area contributed by atoms with Crippen LogP contribution < -0.4 is 5.32 Å². The average molecular weight is 388 g/mol. The normalized spacial score (nSPS) is 10.9. The molecule has 0 aliphatic heterocycles. The number of anilines is 1. The van der Waals surface area contributed by atoms with Gasteiger partial charge in [0.25, 0.3) is 5.22 Å². The van der Waals surface area contributed by atoms with Crippen molar-refractivity contribution in [3.05, 3.63) is 59.1 Å². The van der Waals surface area contributed by atoms with Gasteiger partial charge in [0.1, 0.15) is 0 Å². The summed E-state index contributed by atoms with van der Waals surface area (Å²) in [6.45, 7) is 4.26. The van der Waals surface area contributed by atoms with E-state index >= 15 is 0 Å². The zero-order chi connectivity index (χ0) is 18.5. The highest BCUT2D eigenvalue weighted by atomic mass is 35.5. The smallest absolute Gasteiger partial charge is 0.277 e. The van der Waals surface area contributed by atoms with Crippen molar-refractivity contribution in [2.24, 2.45) is 0 Å². The summed E-state index contributed by atoms with van der Waals surface area (Å²) in [7, 11) is 0. The minimum absolute atomic E-state index is 0.126. The predicted molar refractivity (Wildman–Crippen MR) is 105 cm³/mol. The summed E-state index contributed by atoms with van der Waals surface area (Å²) in [4.78, 5) is 12.1. The number of benzene rings is 2. The van der Waals surface area contributed by atoms with Crippen LogP contribution in [0.2, 0.25) is 5.02 Å². The second kappa shape index (κ2) is 8.38. The average Bonchev–Trinajstić information content (AvgIpc) is 3.10. The number of hydrogen-bond donors (Lipinski definition) is 1. The highest BCUT2D eigenvalue weighted by molar-refractivity contribution is 7.99. The van der Waals surface area contributed by atoms with E-state index in [1.165, 1.54) is 17.3 Å². The van der Waals surface area contributed by atoms with Gasteiger partial charge in [-0.1, -0.05) is 49.3 Å². The monoisotopic (exact) mass is 387 g/mol. The molecular formula is C19H18ClN3O2S. The Kier molecular flexibility index (Phi) is 5.96. The SMILES string of the molecule is CC(C)c1ccc(NC(=O)CSc2nnc(-c3ccc(Cl)cc3)o2)cc1. The van der Waals surface area contributed by atoms with E-state index in [9.17, 15) is 4.79 Å². The van der Waals surface area contributed by atoms with E-state index in [0.29, 0.717) is 22.1 Å². The summed E-state index contributed by atoms with van der Waals surface area (Å²) >= 11 is 7.06. The number of amides is 1. The van der Waals surface area contributed by atoms with E-state index in [1.54, 1.807) is 24.3 Å². The molecular weight excluding hydrogens is 370 g/mol. The lowest BCUT2D eigenvalue weighted by Gasteiger charge is -2.07. The molecule has 2 aromatic carbocycles. The van der Waals surface area contributed by atoms with E-state index in [2.05, 4.69) is 29.4 Å². The van der Waals surface area contributed by atoms with Crippen LogP contribution in [0.1, 0.15) is 25.3 Å². The van der Waals surface area contributed by atoms with Crippen LogP contribution in [0, 0.1) is 0 Å². The second-order valence-electron chi connectivity index (χ2n) is 5.99. The number of hydrogen-bond acceptors (Lipinski definition) is 5. The van der Waals surface area contributed by atoms with E-state index in [4.69, 9.17) is 16.0 Å². The molecule has 0 unspecified atom stereocenters. The van der Waals surface area contributed by atoms with Gasteiger partial charge in [-0.05, 0) is 47.9 Å². The van der Waals surface area contributed by atoms with Crippen molar-refractivity contribution in [2.75, 3.05) is 11.1 Å². The minimum Gasteiger partial charge on any atom is -0.411 e. The summed E-state index contributed by atoms with van der Waals surface area (Å²) in [5.41, 5.74) is 2.79. The number of nitrogens with one attached hydrogen (secondary N) is 1. The molecule has 1 N–H and O–H groups in total. The topological polar surface area (TPSA) is 68.0 Å². The molecule has 0 aliphatic rings. The van der Waals surface area contributed by atoms with Crippen LogP contribution in [0.3, 0.4) is 0 Å². The first kappa shape index (κ1) is 18.5. The molecule has 0 aliphatic carbocycles. The van der Waals surface area contributed by atoms with E-state index < -0.39 is 0 Å². The fourth-order valence-corrected chi connectivity index (χ4v) is 2.94. The molecule has 3 aromatic rings. The van der Waals surface area contributed by atoms with Gasteiger partial charge in [0.05, 0.1) is 5.75 Å². The molecule has 0 spiro atoms. The Hall–Kier alpha value is -2.31. The molecule has 0 saturated carbocycles. The van der Waals surface area contributed by atoms with Crippen LogP contribution >= 0.6 is 23.4 Å². The van der Waals surface area contributed by atoms with Gasteiger partial charge in [0.2, 0.25) is 11.8 Å². The quantitative estimate of drug-likeness (QED) is 0.585. The molecule has 5 nitrogen and oxygen atoms in total. The lowest BCUT2D eigenvalue weighted by molar-refractivity contribution is -0.113. The number of thioether (sulfide) groups is 1. The predicted octanol–water partition coefficient (Wildman–Crippen LogP) is 5.24. The van der Waals surface area contributed by atoms with Crippen molar-refractivity contribution in [1.82, 2.24) is 10.2 Å². The molecule has 134 valence electrons. The first-order chi connectivity index (χ1) is 12.5. The minimum atomic E-state index is -0.126. The summed E-state index contributed by atoms with van der Waals surface area (Å²) in [5.74, 6) is 0.920. The third-order valence-corrected chi connectivity index (χ3v) is 4.76. The summed E-state index contributed by atoms with van der Waals surface area (Å²) in [6, 6.07) is 15.0. The maximum Gasteiger partial charge on any atom is 0.277 e. The largest absolute Gasteiger partial charge is 0.411 e. The summed E-state index contributed by atoms with van der Waals surface area (Å²) < 4.78 is 5.57. The fourth-order valence-electron chi connectivity index (χ4n) is 2.25. The van der Waals surface area contributed by atoms with Gasteiger partial charge < -0.3 is 9.73 Å². The number of aromatic nitrogens is 2. The van der Waals surface area contributed by atoms with Crippen LogP contribution in [0.5, 0.6) is 0 Å². The molecule has 1 heterocycles. The molecule has 0 bridgehead atoms. The Labute approximate surface area is 161 Å². The maximum absolute atomic E-state index is 12.1. The fraction of sp³-hybridized carbons (Fsp3) is 0.211. The van der Waals surface area contributed by atoms with Crippen molar-refractivity contribution in [1.29, 1.82) is 0 Å². The Bertz CT molecular complexity index is 877. The van der Waals surface area contributed by atoms with Gasteiger partial charge in [-0.3, -0.25) is 4.79 Å². The van der Waals surface area contributed by atoms with Crippen LogP contribution in [-0.4, -0.2) is 21.9 Å². The van der Waals surface area contributed by atoms with Gasteiger partial charge in [-0.2, -0.15) is 0 Å². The van der Waals surface area contributed by atoms with Gasteiger partial charge >= 0.3 is 0 Å². The maximum atomic E-state index is 12.1. The number of carbonyl (C=O) groups is 1. The lowest BCUT2D eigenvalue weighted by Crippen LogP contribution is -2.14. The molecule has 0 radical (unpaired) electrons. The van der Waals surface area contributed by atoms with Crippen LogP contribution in [0.4, 0.5) is 5.69 Å². The molecule has 3 rings (SSSR count). The number of nitrogens with zero attached hydrogens (tertiary/aromatic N) is 2. The van der Waals surface area contributed by atoms with Crippen molar-refractivity contribution >= 4 is 35.0 Å². The van der Waals surface area contributed by atoms with E-state index in [0.717, 1.165) is 11.3 Å². The Morgan fingerprint density at radius 2 is 1.81 bits per heavy atom. The molecule has 0 atom stereocenters.